The molecule has 2 rings (SSSR count). The van der Waals surface area contributed by atoms with Gasteiger partial charge < -0.3 is 4.98 Å². The fourth-order valence-electron chi connectivity index (χ4n) is 1.79. The highest BCUT2D eigenvalue weighted by atomic mass is 32.1. The highest BCUT2D eigenvalue weighted by molar-refractivity contribution is 7.71. The number of aromatic nitrogens is 2. The van der Waals surface area contributed by atoms with Gasteiger partial charge in [-0.15, -0.1) is 0 Å². The lowest BCUT2D eigenvalue weighted by Gasteiger charge is -2.13. The zero-order valence-electron chi connectivity index (χ0n) is 10.4. The zero-order chi connectivity index (χ0) is 14.9. The van der Waals surface area contributed by atoms with Crippen LogP contribution in [0.4, 0.5) is 17.6 Å². The quantitative estimate of drug-likeness (QED) is 0.652. The Bertz CT molecular complexity index is 692. The van der Waals surface area contributed by atoms with Crippen LogP contribution in [0.25, 0.3) is 11.4 Å². The summed E-state index contributed by atoms with van der Waals surface area (Å²) in [5.74, 6) is -0.850. The molecule has 1 aromatic heterocycles. The first kappa shape index (κ1) is 14.6. The number of aryl methyl sites for hydroxylation is 1. The van der Waals surface area contributed by atoms with Gasteiger partial charge in [0.1, 0.15) is 16.3 Å². The molecule has 0 amide bonds. The molecule has 0 spiro atoms. The van der Waals surface area contributed by atoms with Gasteiger partial charge in [0, 0.05) is 11.3 Å². The molecule has 0 aliphatic rings. The van der Waals surface area contributed by atoms with Crippen molar-refractivity contribution in [1.82, 2.24) is 9.97 Å². The molecule has 1 heterocycles. The number of hydrogen-bond donors (Lipinski definition) is 1. The lowest BCUT2D eigenvalue weighted by molar-refractivity contribution is -0.137. The van der Waals surface area contributed by atoms with Crippen molar-refractivity contribution in [2.75, 3.05) is 0 Å². The minimum Gasteiger partial charge on any atom is -0.343 e. The Morgan fingerprint density at radius 1 is 1.25 bits per heavy atom. The number of nitrogens with one attached hydrogen (secondary N) is 1. The molecule has 1 aromatic carbocycles. The molecule has 0 saturated heterocycles. The molecular weight excluding hydrogens is 292 g/mol. The molecule has 0 unspecified atom stereocenters. The Kier molecular flexibility index (Phi) is 3.89. The van der Waals surface area contributed by atoms with E-state index in [1.807, 2.05) is 6.92 Å². The second-order valence-corrected chi connectivity index (χ2v) is 4.55. The van der Waals surface area contributed by atoms with Crippen molar-refractivity contribution in [3.05, 3.63) is 46.0 Å². The lowest BCUT2D eigenvalue weighted by Crippen LogP contribution is -2.09. The highest BCUT2D eigenvalue weighted by Gasteiger charge is 2.34. The molecule has 20 heavy (non-hydrogen) atoms. The highest BCUT2D eigenvalue weighted by Crippen LogP contribution is 2.36. The summed E-state index contributed by atoms with van der Waals surface area (Å²) in [6.07, 6.45) is -4.04. The maximum atomic E-state index is 13.3. The minimum atomic E-state index is -4.59. The van der Waals surface area contributed by atoms with Crippen LogP contribution in [0.2, 0.25) is 0 Å². The van der Waals surface area contributed by atoms with E-state index in [1.54, 1.807) is 6.07 Å². The molecule has 106 valence electrons. The Labute approximate surface area is 117 Å². The smallest absolute Gasteiger partial charge is 0.343 e. The first-order chi connectivity index (χ1) is 9.31. The summed E-state index contributed by atoms with van der Waals surface area (Å²) in [7, 11) is 0. The van der Waals surface area contributed by atoms with Gasteiger partial charge in [-0.2, -0.15) is 13.2 Å². The van der Waals surface area contributed by atoms with Crippen LogP contribution in [-0.4, -0.2) is 9.97 Å². The number of aromatic amines is 1. The van der Waals surface area contributed by atoms with E-state index in [2.05, 4.69) is 9.97 Å². The van der Waals surface area contributed by atoms with Crippen molar-refractivity contribution in [1.29, 1.82) is 0 Å². The first-order valence-electron chi connectivity index (χ1n) is 5.78. The molecular formula is C13H10F4N2S. The molecule has 7 heteroatoms. The molecule has 0 radical (unpaired) electrons. The van der Waals surface area contributed by atoms with Crippen molar-refractivity contribution in [3.8, 4) is 11.4 Å². The predicted octanol–water partition coefficient (Wildman–Crippen LogP) is 4.53. The van der Waals surface area contributed by atoms with Crippen LogP contribution in [-0.2, 0) is 12.6 Å². The maximum absolute atomic E-state index is 13.3. The second-order valence-electron chi connectivity index (χ2n) is 4.13. The molecule has 2 aromatic rings. The third-order valence-electron chi connectivity index (χ3n) is 2.72. The number of benzene rings is 1. The fourth-order valence-corrected chi connectivity index (χ4v) is 2.02. The molecule has 0 atom stereocenters. The van der Waals surface area contributed by atoms with Crippen LogP contribution in [0.15, 0.2) is 24.3 Å². The summed E-state index contributed by atoms with van der Waals surface area (Å²) < 4.78 is 52.3. The second kappa shape index (κ2) is 5.32. The van der Waals surface area contributed by atoms with Crippen molar-refractivity contribution in [3.63, 3.8) is 0 Å². The largest absolute Gasteiger partial charge is 0.417 e. The van der Waals surface area contributed by atoms with Crippen molar-refractivity contribution < 1.29 is 17.6 Å². The summed E-state index contributed by atoms with van der Waals surface area (Å²) in [6, 6.07) is 3.83. The molecule has 0 aliphatic heterocycles. The van der Waals surface area contributed by atoms with E-state index >= 15 is 0 Å². The number of nitrogens with zero attached hydrogens (tertiary/aromatic N) is 1. The molecule has 0 aliphatic carbocycles. The molecule has 0 bridgehead atoms. The molecule has 1 N–H and O–H groups in total. The normalized spacial score (nSPS) is 11.7. The van der Waals surface area contributed by atoms with E-state index in [4.69, 9.17) is 12.2 Å². The summed E-state index contributed by atoms with van der Waals surface area (Å²) in [5, 5.41) is 0. The van der Waals surface area contributed by atoms with E-state index < -0.39 is 17.6 Å². The molecule has 2 nitrogen and oxygen atoms in total. The van der Waals surface area contributed by atoms with Gasteiger partial charge in [0.25, 0.3) is 0 Å². The van der Waals surface area contributed by atoms with Gasteiger partial charge in [-0.05, 0) is 30.7 Å². The van der Waals surface area contributed by atoms with E-state index in [0.717, 1.165) is 12.1 Å². The van der Waals surface area contributed by atoms with Gasteiger partial charge >= 0.3 is 6.18 Å². The van der Waals surface area contributed by atoms with Gasteiger partial charge in [0.15, 0.2) is 0 Å². The molecule has 0 fully saturated rings. The number of hydrogen-bond acceptors (Lipinski definition) is 2. The Balaban J connectivity index is 2.71. The fraction of sp³-hybridized carbons (Fsp3) is 0.231. The monoisotopic (exact) mass is 302 g/mol. The van der Waals surface area contributed by atoms with Crippen LogP contribution >= 0.6 is 12.2 Å². The van der Waals surface area contributed by atoms with Crippen molar-refractivity contribution in [2.45, 2.75) is 19.5 Å². The van der Waals surface area contributed by atoms with Crippen LogP contribution in [0, 0.1) is 10.5 Å². The first-order valence-corrected chi connectivity index (χ1v) is 6.19. The lowest BCUT2D eigenvalue weighted by atomic mass is 10.1. The zero-order valence-corrected chi connectivity index (χ0v) is 11.2. The van der Waals surface area contributed by atoms with Crippen molar-refractivity contribution >= 4 is 12.2 Å². The SMILES string of the molecule is CCc1cc(=S)nc(-c2cc(F)ccc2C(F)(F)F)[nH]1. The average Bonchev–Trinajstić information content (AvgIpc) is 2.36. The molecule has 0 saturated carbocycles. The predicted molar refractivity (Wildman–Crippen MR) is 69.2 cm³/mol. The van der Waals surface area contributed by atoms with Crippen LogP contribution in [0.1, 0.15) is 18.2 Å². The van der Waals surface area contributed by atoms with Gasteiger partial charge in [-0.3, -0.25) is 0 Å². The van der Waals surface area contributed by atoms with Gasteiger partial charge in [0.05, 0.1) is 5.56 Å². The summed E-state index contributed by atoms with van der Waals surface area (Å²) >= 11 is 4.92. The Hall–Kier alpha value is -1.76. The number of halogens is 4. The van der Waals surface area contributed by atoms with E-state index in [9.17, 15) is 17.6 Å². The van der Waals surface area contributed by atoms with Crippen LogP contribution < -0.4 is 0 Å². The van der Waals surface area contributed by atoms with E-state index in [1.165, 1.54) is 0 Å². The number of alkyl halides is 3. The average molecular weight is 302 g/mol. The van der Waals surface area contributed by atoms with E-state index in [-0.39, 0.29) is 16.0 Å². The standard InChI is InChI=1S/C13H10F4N2S/c1-2-8-6-11(20)19-12(18-8)9-5-7(14)3-4-10(9)13(15,16)17/h3-6H,2H2,1H3,(H,18,19,20). The van der Waals surface area contributed by atoms with Gasteiger partial charge in [-0.1, -0.05) is 19.1 Å². The van der Waals surface area contributed by atoms with Gasteiger partial charge in [-0.25, -0.2) is 9.37 Å². The van der Waals surface area contributed by atoms with Crippen LogP contribution in [0.5, 0.6) is 0 Å². The van der Waals surface area contributed by atoms with Crippen molar-refractivity contribution in [2.24, 2.45) is 0 Å². The van der Waals surface area contributed by atoms with Crippen LogP contribution in [0.3, 0.4) is 0 Å². The Morgan fingerprint density at radius 2 is 1.95 bits per heavy atom. The third kappa shape index (κ3) is 3.04. The summed E-state index contributed by atoms with van der Waals surface area (Å²) in [4.78, 5) is 6.61. The Morgan fingerprint density at radius 3 is 2.55 bits per heavy atom. The third-order valence-corrected chi connectivity index (χ3v) is 2.93. The maximum Gasteiger partial charge on any atom is 0.417 e. The number of H-pyrrole nitrogens is 1. The number of rotatable bonds is 2. The topological polar surface area (TPSA) is 28.7 Å². The summed E-state index contributed by atoms with van der Waals surface area (Å²) in [6.45, 7) is 1.82. The minimum absolute atomic E-state index is 0.0822. The van der Waals surface area contributed by atoms with Gasteiger partial charge in [0.2, 0.25) is 0 Å². The summed E-state index contributed by atoms with van der Waals surface area (Å²) in [5.41, 5.74) is -0.665. The van der Waals surface area contributed by atoms with E-state index in [0.29, 0.717) is 18.2 Å².